The number of carbonyl (C=O) groups excluding carboxylic acids is 1. The van der Waals surface area contributed by atoms with Gasteiger partial charge in [0.15, 0.2) is 0 Å². The van der Waals surface area contributed by atoms with Crippen LogP contribution in [0.4, 0.5) is 0 Å². The Morgan fingerprint density at radius 2 is 2.19 bits per heavy atom. The van der Waals surface area contributed by atoms with E-state index in [9.17, 15) is 4.79 Å². The van der Waals surface area contributed by atoms with E-state index in [4.69, 9.17) is 9.47 Å². The molecule has 5 heteroatoms. The molecule has 0 saturated carbocycles. The van der Waals surface area contributed by atoms with Gasteiger partial charge in [-0.15, -0.1) is 0 Å². The Balaban J connectivity index is 2.13. The van der Waals surface area contributed by atoms with Gasteiger partial charge in [-0.25, -0.2) is 0 Å². The van der Waals surface area contributed by atoms with Crippen LogP contribution in [0.2, 0.25) is 0 Å². The second-order valence-electron chi connectivity index (χ2n) is 3.93. The molecule has 94 valence electrons. The molecule has 0 radical (unpaired) electrons. The number of ether oxygens (including phenoxy) is 2. The number of hydrogen-bond acceptors (Lipinski definition) is 4. The quantitative estimate of drug-likeness (QED) is 0.690. The third-order valence-corrected chi connectivity index (χ3v) is 2.54. The molecule has 0 bridgehead atoms. The van der Waals surface area contributed by atoms with Crippen molar-refractivity contribution in [2.75, 3.05) is 46.1 Å². The maximum absolute atomic E-state index is 11.7. The van der Waals surface area contributed by atoms with Crippen molar-refractivity contribution in [3.63, 3.8) is 0 Å². The third kappa shape index (κ3) is 4.92. The minimum atomic E-state index is 0.145. The van der Waals surface area contributed by atoms with Crippen LogP contribution in [0.15, 0.2) is 0 Å². The summed E-state index contributed by atoms with van der Waals surface area (Å²) < 4.78 is 10.5. The highest BCUT2D eigenvalue weighted by Crippen LogP contribution is 1.97. The van der Waals surface area contributed by atoms with Crippen molar-refractivity contribution in [2.45, 2.75) is 19.9 Å². The van der Waals surface area contributed by atoms with Gasteiger partial charge >= 0.3 is 0 Å². The molecule has 1 fully saturated rings. The molecular weight excluding hydrogens is 208 g/mol. The van der Waals surface area contributed by atoms with Crippen LogP contribution in [-0.4, -0.2) is 62.9 Å². The normalized spacial score (nSPS) is 18.5. The van der Waals surface area contributed by atoms with Gasteiger partial charge in [-0.05, 0) is 13.8 Å². The third-order valence-electron chi connectivity index (χ3n) is 2.54. The number of carbonyl (C=O) groups is 1. The summed E-state index contributed by atoms with van der Waals surface area (Å²) in [6.45, 7) is 8.44. The lowest BCUT2D eigenvalue weighted by Crippen LogP contribution is -2.46. The van der Waals surface area contributed by atoms with E-state index in [0.29, 0.717) is 46.1 Å². The zero-order chi connectivity index (χ0) is 11.8. The average molecular weight is 230 g/mol. The molecule has 0 aromatic carbocycles. The van der Waals surface area contributed by atoms with Gasteiger partial charge in [0, 0.05) is 25.7 Å². The highest BCUT2D eigenvalue weighted by molar-refractivity contribution is 5.78. The lowest BCUT2D eigenvalue weighted by atomic mass is 10.3. The smallest absolute Gasteiger partial charge is 0.236 e. The summed E-state index contributed by atoms with van der Waals surface area (Å²) >= 11 is 0. The van der Waals surface area contributed by atoms with E-state index >= 15 is 0 Å². The van der Waals surface area contributed by atoms with Crippen LogP contribution in [0.5, 0.6) is 0 Å². The van der Waals surface area contributed by atoms with Gasteiger partial charge in [0.1, 0.15) is 0 Å². The maximum Gasteiger partial charge on any atom is 0.236 e. The first-order chi connectivity index (χ1) is 7.74. The zero-order valence-electron chi connectivity index (χ0n) is 10.2. The molecule has 1 N–H and O–H groups in total. The summed E-state index contributed by atoms with van der Waals surface area (Å²) in [7, 11) is 0. The van der Waals surface area contributed by atoms with Crippen LogP contribution in [0.25, 0.3) is 0 Å². The molecule has 1 heterocycles. The highest BCUT2D eigenvalue weighted by Gasteiger charge is 2.16. The molecule has 1 aliphatic rings. The van der Waals surface area contributed by atoms with E-state index in [1.807, 2.05) is 18.7 Å². The van der Waals surface area contributed by atoms with Crippen molar-refractivity contribution in [1.29, 1.82) is 0 Å². The van der Waals surface area contributed by atoms with Gasteiger partial charge in [0.2, 0.25) is 5.91 Å². The Hall–Kier alpha value is -0.650. The Labute approximate surface area is 97.1 Å². The van der Waals surface area contributed by atoms with Crippen LogP contribution in [0.1, 0.15) is 13.8 Å². The summed E-state index contributed by atoms with van der Waals surface area (Å²) in [5, 5.41) is 3.16. The van der Waals surface area contributed by atoms with E-state index in [0.717, 1.165) is 0 Å². The highest BCUT2D eigenvalue weighted by atomic mass is 16.5. The fourth-order valence-corrected chi connectivity index (χ4v) is 1.54. The van der Waals surface area contributed by atoms with Gasteiger partial charge in [-0.3, -0.25) is 4.79 Å². The van der Waals surface area contributed by atoms with Crippen molar-refractivity contribution >= 4 is 5.91 Å². The van der Waals surface area contributed by atoms with Crippen molar-refractivity contribution in [3.05, 3.63) is 0 Å². The molecule has 1 rings (SSSR count). The molecule has 0 spiro atoms. The summed E-state index contributed by atoms with van der Waals surface area (Å²) in [6, 6.07) is 0.213. The first-order valence-electron chi connectivity index (χ1n) is 5.90. The van der Waals surface area contributed by atoms with Crippen LogP contribution in [0.3, 0.4) is 0 Å². The Morgan fingerprint density at radius 1 is 1.50 bits per heavy atom. The van der Waals surface area contributed by atoms with Gasteiger partial charge in [-0.2, -0.15) is 0 Å². The monoisotopic (exact) mass is 230 g/mol. The van der Waals surface area contributed by atoms with Gasteiger partial charge in [0.25, 0.3) is 0 Å². The summed E-state index contributed by atoms with van der Waals surface area (Å²) in [5.74, 6) is 0.145. The molecule has 0 aromatic rings. The van der Waals surface area contributed by atoms with Crippen molar-refractivity contribution in [1.82, 2.24) is 10.2 Å². The first kappa shape index (κ1) is 13.4. The van der Waals surface area contributed by atoms with Gasteiger partial charge < -0.3 is 19.7 Å². The summed E-state index contributed by atoms with van der Waals surface area (Å²) in [4.78, 5) is 13.6. The second kappa shape index (κ2) is 7.60. The average Bonchev–Trinajstić information content (AvgIpc) is 2.34. The number of nitrogens with zero attached hydrogens (tertiary/aromatic N) is 1. The predicted molar refractivity (Wildman–Crippen MR) is 61.4 cm³/mol. The Kier molecular flexibility index (Phi) is 6.37. The van der Waals surface area contributed by atoms with E-state index in [2.05, 4.69) is 5.32 Å². The number of rotatable bonds is 6. The van der Waals surface area contributed by atoms with Gasteiger partial charge in [0.05, 0.1) is 26.4 Å². The maximum atomic E-state index is 11.7. The van der Waals surface area contributed by atoms with Crippen LogP contribution < -0.4 is 5.32 Å². The van der Waals surface area contributed by atoms with E-state index < -0.39 is 0 Å². The molecule has 16 heavy (non-hydrogen) atoms. The molecule has 1 aliphatic heterocycles. The number of nitrogens with one attached hydrogen (secondary N) is 1. The fraction of sp³-hybridized carbons (Fsp3) is 0.909. The van der Waals surface area contributed by atoms with E-state index in [-0.39, 0.29) is 11.9 Å². The SMILES string of the molecule is CCOCC(C)NCC(=O)N1CCOCC1. The van der Waals surface area contributed by atoms with Crippen LogP contribution >= 0.6 is 0 Å². The Morgan fingerprint density at radius 3 is 2.81 bits per heavy atom. The number of hydrogen-bond donors (Lipinski definition) is 1. The topological polar surface area (TPSA) is 50.8 Å². The second-order valence-corrected chi connectivity index (χ2v) is 3.93. The van der Waals surface area contributed by atoms with E-state index in [1.165, 1.54) is 0 Å². The zero-order valence-corrected chi connectivity index (χ0v) is 10.2. The fourth-order valence-electron chi connectivity index (χ4n) is 1.54. The number of morpholine rings is 1. The molecule has 1 amide bonds. The molecule has 1 unspecified atom stereocenters. The van der Waals surface area contributed by atoms with Crippen LogP contribution in [0, 0.1) is 0 Å². The van der Waals surface area contributed by atoms with Crippen LogP contribution in [-0.2, 0) is 14.3 Å². The molecule has 1 saturated heterocycles. The molecule has 5 nitrogen and oxygen atoms in total. The van der Waals surface area contributed by atoms with E-state index in [1.54, 1.807) is 0 Å². The predicted octanol–water partition coefficient (Wildman–Crippen LogP) is -0.140. The van der Waals surface area contributed by atoms with Crippen molar-refractivity contribution < 1.29 is 14.3 Å². The summed E-state index contributed by atoms with van der Waals surface area (Å²) in [6.07, 6.45) is 0. The molecule has 0 aliphatic carbocycles. The van der Waals surface area contributed by atoms with Gasteiger partial charge in [-0.1, -0.05) is 0 Å². The first-order valence-corrected chi connectivity index (χ1v) is 5.90. The Bertz CT molecular complexity index is 205. The lowest BCUT2D eigenvalue weighted by molar-refractivity contribution is -0.134. The standard InChI is InChI=1S/C11H22N2O3/c1-3-15-9-10(2)12-8-11(14)13-4-6-16-7-5-13/h10,12H,3-9H2,1-2H3. The minimum absolute atomic E-state index is 0.145. The van der Waals surface area contributed by atoms with Crippen molar-refractivity contribution in [2.24, 2.45) is 0 Å². The van der Waals surface area contributed by atoms with Crippen molar-refractivity contribution in [3.8, 4) is 0 Å². The molecule has 1 atom stereocenters. The summed E-state index contributed by atoms with van der Waals surface area (Å²) in [5.41, 5.74) is 0. The minimum Gasteiger partial charge on any atom is -0.380 e. The largest absolute Gasteiger partial charge is 0.380 e. The molecular formula is C11H22N2O3. The number of amides is 1. The lowest BCUT2D eigenvalue weighted by Gasteiger charge is -2.27. The molecule has 0 aromatic heterocycles.